The van der Waals surface area contributed by atoms with Gasteiger partial charge in [0.05, 0.1) is 30.7 Å². The van der Waals surface area contributed by atoms with Gasteiger partial charge in [-0.25, -0.2) is 8.78 Å². The maximum absolute atomic E-state index is 14.1. The van der Waals surface area contributed by atoms with E-state index in [0.717, 1.165) is 11.0 Å². The molecule has 1 aromatic rings. The highest BCUT2D eigenvalue weighted by Gasteiger charge is 2.38. The van der Waals surface area contributed by atoms with Crippen molar-refractivity contribution in [2.24, 2.45) is 11.8 Å². The van der Waals surface area contributed by atoms with Crippen LogP contribution >= 0.6 is 0 Å². The van der Waals surface area contributed by atoms with E-state index in [1.807, 2.05) is 0 Å². The van der Waals surface area contributed by atoms with Gasteiger partial charge in [0.15, 0.2) is 0 Å². The standard InChI is InChI=1S/C22H27F2N3O5/c1-3-32-22(31)14-6-8-26(9-7-14)20(29)13-25(2)21(30)15-10-19(28)27(12-15)18-5-4-16(23)11-17(18)24/h4-5,11,14-15H,3,6-10,12-13H2,1-2H3. The van der Waals surface area contributed by atoms with Gasteiger partial charge >= 0.3 is 5.97 Å². The van der Waals surface area contributed by atoms with Crippen LogP contribution < -0.4 is 4.90 Å². The predicted octanol–water partition coefficient (Wildman–Crippen LogP) is 1.58. The molecule has 1 atom stereocenters. The third-order valence-electron chi connectivity index (χ3n) is 5.89. The molecule has 0 aromatic heterocycles. The molecule has 2 heterocycles. The van der Waals surface area contributed by atoms with E-state index in [1.54, 1.807) is 11.8 Å². The fraction of sp³-hybridized carbons (Fsp3) is 0.545. The molecule has 2 aliphatic heterocycles. The zero-order valence-electron chi connectivity index (χ0n) is 18.2. The van der Waals surface area contributed by atoms with Gasteiger partial charge < -0.3 is 19.4 Å². The Hall–Kier alpha value is -3.04. The van der Waals surface area contributed by atoms with Crippen LogP contribution in [0, 0.1) is 23.5 Å². The Bertz CT molecular complexity index is 902. The number of carbonyl (C=O) groups excluding carboxylic acids is 4. The van der Waals surface area contributed by atoms with Gasteiger partial charge in [0.1, 0.15) is 11.6 Å². The molecule has 0 bridgehead atoms. The highest BCUT2D eigenvalue weighted by atomic mass is 19.1. The minimum atomic E-state index is -0.874. The van der Waals surface area contributed by atoms with Crippen molar-refractivity contribution >= 4 is 29.4 Å². The molecule has 10 heteroatoms. The van der Waals surface area contributed by atoms with Gasteiger partial charge in [-0.1, -0.05) is 0 Å². The monoisotopic (exact) mass is 451 g/mol. The predicted molar refractivity (Wildman–Crippen MR) is 110 cm³/mol. The van der Waals surface area contributed by atoms with E-state index >= 15 is 0 Å². The topological polar surface area (TPSA) is 87.2 Å². The molecule has 0 saturated carbocycles. The molecule has 0 spiro atoms. The SMILES string of the molecule is CCOC(=O)C1CCN(C(=O)CN(C)C(=O)C2CC(=O)N(c3ccc(F)cc3F)C2)CC1. The second kappa shape index (κ2) is 10.1. The number of ether oxygens (including phenoxy) is 1. The molecule has 3 amide bonds. The van der Waals surface area contributed by atoms with E-state index in [1.165, 1.54) is 18.0 Å². The molecule has 0 aliphatic carbocycles. The normalized spacial score (nSPS) is 19.2. The van der Waals surface area contributed by atoms with Crippen LogP contribution in [0.5, 0.6) is 0 Å². The van der Waals surface area contributed by atoms with E-state index in [4.69, 9.17) is 4.74 Å². The summed E-state index contributed by atoms with van der Waals surface area (Å²) < 4.78 is 32.2. The zero-order chi connectivity index (χ0) is 23.4. The lowest BCUT2D eigenvalue weighted by molar-refractivity contribution is -0.151. The molecule has 174 valence electrons. The molecule has 1 aromatic carbocycles. The first-order valence-electron chi connectivity index (χ1n) is 10.7. The second-order valence-electron chi connectivity index (χ2n) is 8.10. The highest BCUT2D eigenvalue weighted by molar-refractivity contribution is 6.00. The van der Waals surface area contributed by atoms with Gasteiger partial charge in [-0.05, 0) is 31.9 Å². The van der Waals surface area contributed by atoms with Crippen molar-refractivity contribution in [3.8, 4) is 0 Å². The fourth-order valence-electron chi connectivity index (χ4n) is 4.12. The van der Waals surface area contributed by atoms with Crippen LogP contribution in [0.25, 0.3) is 0 Å². The number of likely N-dealkylation sites (N-methyl/N-ethyl adjacent to an activating group) is 1. The molecule has 2 saturated heterocycles. The Morgan fingerprint density at radius 1 is 1.16 bits per heavy atom. The molecule has 3 rings (SSSR count). The van der Waals surface area contributed by atoms with Gasteiger partial charge in [0, 0.05) is 39.2 Å². The Morgan fingerprint density at radius 2 is 1.84 bits per heavy atom. The summed E-state index contributed by atoms with van der Waals surface area (Å²) in [6.07, 6.45) is 0.911. The number of carbonyl (C=O) groups is 4. The van der Waals surface area contributed by atoms with Crippen molar-refractivity contribution in [2.45, 2.75) is 26.2 Å². The molecule has 0 N–H and O–H groups in total. The van der Waals surface area contributed by atoms with Gasteiger partial charge in [-0.3, -0.25) is 19.2 Å². The molecular weight excluding hydrogens is 424 g/mol. The number of halogens is 2. The number of piperidine rings is 1. The summed E-state index contributed by atoms with van der Waals surface area (Å²) in [6.45, 7) is 2.69. The lowest BCUT2D eigenvalue weighted by atomic mass is 9.97. The third kappa shape index (κ3) is 5.23. The largest absolute Gasteiger partial charge is 0.466 e. The number of nitrogens with zero attached hydrogens (tertiary/aromatic N) is 3. The maximum atomic E-state index is 14.1. The van der Waals surface area contributed by atoms with Gasteiger partial charge in [-0.15, -0.1) is 0 Å². The van der Waals surface area contributed by atoms with Crippen molar-refractivity contribution in [2.75, 3.05) is 44.7 Å². The minimum Gasteiger partial charge on any atom is -0.466 e. The van der Waals surface area contributed by atoms with Crippen LogP contribution in [0.4, 0.5) is 14.5 Å². The summed E-state index contributed by atoms with van der Waals surface area (Å²) in [6, 6.07) is 2.91. The van der Waals surface area contributed by atoms with Crippen molar-refractivity contribution in [1.29, 1.82) is 0 Å². The van der Waals surface area contributed by atoms with Crippen LogP contribution in [-0.2, 0) is 23.9 Å². The van der Waals surface area contributed by atoms with Crippen LogP contribution in [0.1, 0.15) is 26.2 Å². The Balaban J connectivity index is 1.53. The maximum Gasteiger partial charge on any atom is 0.309 e. The molecule has 0 radical (unpaired) electrons. The second-order valence-corrected chi connectivity index (χ2v) is 8.10. The summed E-state index contributed by atoms with van der Waals surface area (Å²) in [7, 11) is 1.48. The van der Waals surface area contributed by atoms with Gasteiger partial charge in [0.2, 0.25) is 17.7 Å². The Labute approximate surface area is 185 Å². The number of hydrogen-bond donors (Lipinski definition) is 0. The fourth-order valence-corrected chi connectivity index (χ4v) is 4.12. The number of esters is 1. The summed E-state index contributed by atoms with van der Waals surface area (Å²) in [4.78, 5) is 53.6. The summed E-state index contributed by atoms with van der Waals surface area (Å²) in [5.41, 5.74) is -0.0742. The van der Waals surface area contributed by atoms with E-state index in [9.17, 15) is 28.0 Å². The van der Waals surface area contributed by atoms with Crippen molar-refractivity contribution < 1.29 is 32.7 Å². The van der Waals surface area contributed by atoms with Gasteiger partial charge in [0.25, 0.3) is 0 Å². The average Bonchev–Trinajstić information content (AvgIpc) is 3.14. The van der Waals surface area contributed by atoms with Crippen molar-refractivity contribution in [1.82, 2.24) is 9.80 Å². The van der Waals surface area contributed by atoms with Crippen molar-refractivity contribution in [3.05, 3.63) is 29.8 Å². The summed E-state index contributed by atoms with van der Waals surface area (Å²) in [5.74, 6) is -3.89. The van der Waals surface area contributed by atoms with Crippen LogP contribution in [0.15, 0.2) is 18.2 Å². The molecule has 1 unspecified atom stereocenters. The first-order valence-corrected chi connectivity index (χ1v) is 10.7. The van der Waals surface area contributed by atoms with Crippen LogP contribution in [0.2, 0.25) is 0 Å². The van der Waals surface area contributed by atoms with E-state index < -0.39 is 29.4 Å². The third-order valence-corrected chi connectivity index (χ3v) is 5.89. The van der Waals surface area contributed by atoms with E-state index in [0.29, 0.717) is 38.6 Å². The van der Waals surface area contributed by atoms with E-state index in [-0.39, 0.29) is 43.0 Å². The number of amides is 3. The Kier molecular flexibility index (Phi) is 7.42. The zero-order valence-corrected chi connectivity index (χ0v) is 18.2. The first kappa shape index (κ1) is 23.6. The number of likely N-dealkylation sites (tertiary alicyclic amines) is 1. The van der Waals surface area contributed by atoms with E-state index in [2.05, 4.69) is 0 Å². The quantitative estimate of drug-likeness (QED) is 0.613. The van der Waals surface area contributed by atoms with Crippen molar-refractivity contribution in [3.63, 3.8) is 0 Å². The van der Waals surface area contributed by atoms with Crippen LogP contribution in [0.3, 0.4) is 0 Å². The minimum absolute atomic E-state index is 0.0380. The first-order chi connectivity index (χ1) is 15.2. The number of anilines is 1. The number of hydrogen-bond acceptors (Lipinski definition) is 5. The summed E-state index contributed by atoms with van der Waals surface area (Å²) in [5, 5.41) is 0. The highest BCUT2D eigenvalue weighted by Crippen LogP contribution is 2.29. The number of benzene rings is 1. The average molecular weight is 451 g/mol. The summed E-state index contributed by atoms with van der Waals surface area (Å²) >= 11 is 0. The van der Waals surface area contributed by atoms with Crippen LogP contribution in [-0.4, -0.2) is 73.3 Å². The lowest BCUT2D eigenvalue weighted by Gasteiger charge is -2.32. The molecule has 32 heavy (non-hydrogen) atoms. The number of rotatable bonds is 6. The molecular formula is C22H27F2N3O5. The molecule has 2 aliphatic rings. The molecule has 2 fully saturated rings. The Morgan fingerprint density at radius 3 is 2.47 bits per heavy atom. The lowest BCUT2D eigenvalue weighted by Crippen LogP contribution is -2.46. The smallest absolute Gasteiger partial charge is 0.309 e. The molecule has 8 nitrogen and oxygen atoms in total. The van der Waals surface area contributed by atoms with Gasteiger partial charge in [-0.2, -0.15) is 0 Å².